The van der Waals surface area contributed by atoms with Gasteiger partial charge in [-0.15, -0.1) is 0 Å². The highest BCUT2D eigenvalue weighted by atomic mass is 32.2. The fourth-order valence-electron chi connectivity index (χ4n) is 1.44. The first-order chi connectivity index (χ1) is 7.52. The fourth-order valence-corrected chi connectivity index (χ4v) is 2.33. The molecule has 0 aliphatic rings. The molecule has 2 N–H and O–H groups in total. The van der Waals surface area contributed by atoms with Crippen LogP contribution in [0.25, 0.3) is 0 Å². The summed E-state index contributed by atoms with van der Waals surface area (Å²) in [5.41, 5.74) is 7.14. The lowest BCUT2D eigenvalue weighted by Crippen LogP contribution is -2.08. The number of ether oxygens (including phenoxy) is 1. The number of methoxy groups -OCH3 is 1. The third-order valence-electron chi connectivity index (χ3n) is 2.39. The van der Waals surface area contributed by atoms with E-state index in [1.807, 2.05) is 0 Å². The summed E-state index contributed by atoms with van der Waals surface area (Å²) in [5.74, 6) is 0.900. The lowest BCUT2D eigenvalue weighted by Gasteiger charge is -2.09. The molecule has 0 saturated carbocycles. The van der Waals surface area contributed by atoms with Gasteiger partial charge in [-0.1, -0.05) is 13.0 Å². The highest BCUT2D eigenvalue weighted by Gasteiger charge is 2.10. The summed E-state index contributed by atoms with van der Waals surface area (Å²) >= 11 is 0. The van der Waals surface area contributed by atoms with Crippen LogP contribution in [0.4, 0.5) is 0 Å². The SMILES string of the molecule is CCS(=O)(=O)Cc1ccc(OC)c(CN)c1. The largest absolute Gasteiger partial charge is 0.496 e. The third kappa shape index (κ3) is 3.21. The van der Waals surface area contributed by atoms with Gasteiger partial charge in [-0.25, -0.2) is 8.42 Å². The van der Waals surface area contributed by atoms with Crippen LogP contribution in [0.2, 0.25) is 0 Å². The molecule has 4 nitrogen and oxygen atoms in total. The molecule has 0 fully saturated rings. The van der Waals surface area contributed by atoms with Crippen molar-refractivity contribution in [3.05, 3.63) is 29.3 Å². The zero-order valence-corrected chi connectivity index (χ0v) is 10.4. The average molecular weight is 243 g/mol. The zero-order chi connectivity index (χ0) is 12.2. The maximum Gasteiger partial charge on any atom is 0.154 e. The van der Waals surface area contributed by atoms with Crippen molar-refractivity contribution in [2.75, 3.05) is 12.9 Å². The Balaban J connectivity index is 3.00. The molecule has 1 rings (SSSR count). The van der Waals surface area contributed by atoms with Crippen molar-refractivity contribution in [2.45, 2.75) is 19.2 Å². The normalized spacial score (nSPS) is 11.4. The second-order valence-corrected chi connectivity index (χ2v) is 5.88. The molecule has 0 bridgehead atoms. The molecule has 0 saturated heterocycles. The first kappa shape index (κ1) is 13.0. The van der Waals surface area contributed by atoms with Gasteiger partial charge in [-0.05, 0) is 17.7 Å². The van der Waals surface area contributed by atoms with Gasteiger partial charge in [0.25, 0.3) is 0 Å². The van der Waals surface area contributed by atoms with Crippen molar-refractivity contribution >= 4 is 9.84 Å². The van der Waals surface area contributed by atoms with Gasteiger partial charge in [0.2, 0.25) is 0 Å². The van der Waals surface area contributed by atoms with Crippen LogP contribution in [0.15, 0.2) is 18.2 Å². The van der Waals surface area contributed by atoms with Crippen molar-refractivity contribution in [3.63, 3.8) is 0 Å². The Bertz CT molecular complexity index is 454. The molecule has 0 amide bonds. The van der Waals surface area contributed by atoms with Gasteiger partial charge < -0.3 is 10.5 Å². The Morgan fingerprint density at radius 3 is 2.56 bits per heavy atom. The lowest BCUT2D eigenvalue weighted by molar-refractivity contribution is 0.409. The van der Waals surface area contributed by atoms with Crippen LogP contribution in [-0.4, -0.2) is 21.3 Å². The lowest BCUT2D eigenvalue weighted by atomic mass is 10.1. The van der Waals surface area contributed by atoms with Crippen LogP contribution >= 0.6 is 0 Å². The topological polar surface area (TPSA) is 69.4 Å². The molecule has 0 aliphatic heterocycles. The highest BCUT2D eigenvalue weighted by Crippen LogP contribution is 2.20. The molecular weight excluding hydrogens is 226 g/mol. The molecule has 16 heavy (non-hydrogen) atoms. The Hall–Kier alpha value is -1.07. The van der Waals surface area contributed by atoms with E-state index in [1.54, 1.807) is 32.2 Å². The maximum atomic E-state index is 11.5. The summed E-state index contributed by atoms with van der Waals surface area (Å²) < 4.78 is 28.0. The van der Waals surface area contributed by atoms with Gasteiger partial charge in [0.05, 0.1) is 12.9 Å². The molecule has 0 unspecified atom stereocenters. The standard InChI is InChI=1S/C11H17NO3S/c1-3-16(13,14)8-9-4-5-11(15-2)10(6-9)7-12/h4-6H,3,7-8,12H2,1-2H3. The van der Waals surface area contributed by atoms with E-state index in [4.69, 9.17) is 10.5 Å². The van der Waals surface area contributed by atoms with Crippen molar-refractivity contribution < 1.29 is 13.2 Å². The quantitative estimate of drug-likeness (QED) is 0.840. The smallest absolute Gasteiger partial charge is 0.154 e. The molecule has 0 heterocycles. The molecule has 1 aromatic rings. The van der Waals surface area contributed by atoms with Crippen LogP contribution in [0, 0.1) is 0 Å². The maximum absolute atomic E-state index is 11.5. The monoisotopic (exact) mass is 243 g/mol. The van der Waals surface area contributed by atoms with E-state index in [0.29, 0.717) is 12.3 Å². The second kappa shape index (κ2) is 5.32. The van der Waals surface area contributed by atoms with E-state index in [0.717, 1.165) is 11.1 Å². The minimum Gasteiger partial charge on any atom is -0.496 e. The summed E-state index contributed by atoms with van der Waals surface area (Å²) in [6.45, 7) is 1.98. The first-order valence-corrected chi connectivity index (χ1v) is 6.90. The minimum absolute atomic E-state index is 0.0560. The van der Waals surface area contributed by atoms with Crippen molar-refractivity contribution in [3.8, 4) is 5.75 Å². The Morgan fingerprint density at radius 1 is 1.38 bits per heavy atom. The van der Waals surface area contributed by atoms with E-state index in [1.165, 1.54) is 0 Å². The predicted molar refractivity (Wildman–Crippen MR) is 64.1 cm³/mol. The van der Waals surface area contributed by atoms with Crippen LogP contribution in [0.5, 0.6) is 5.75 Å². The van der Waals surface area contributed by atoms with Crippen molar-refractivity contribution in [1.29, 1.82) is 0 Å². The van der Waals surface area contributed by atoms with Gasteiger partial charge >= 0.3 is 0 Å². The van der Waals surface area contributed by atoms with E-state index in [9.17, 15) is 8.42 Å². The molecule has 0 atom stereocenters. The Morgan fingerprint density at radius 2 is 2.06 bits per heavy atom. The third-order valence-corrected chi connectivity index (χ3v) is 4.04. The Kier molecular flexibility index (Phi) is 4.32. The van der Waals surface area contributed by atoms with Gasteiger partial charge in [0.15, 0.2) is 9.84 Å². The molecule has 5 heteroatoms. The van der Waals surface area contributed by atoms with Crippen LogP contribution in [0.3, 0.4) is 0 Å². The number of benzene rings is 1. The minimum atomic E-state index is -3.00. The summed E-state index contributed by atoms with van der Waals surface area (Å²) in [6.07, 6.45) is 0. The fraction of sp³-hybridized carbons (Fsp3) is 0.455. The first-order valence-electron chi connectivity index (χ1n) is 5.08. The summed E-state index contributed by atoms with van der Waals surface area (Å²) in [4.78, 5) is 0. The number of hydrogen-bond acceptors (Lipinski definition) is 4. The predicted octanol–water partition coefficient (Wildman–Crippen LogP) is 1.09. The second-order valence-electron chi connectivity index (χ2n) is 3.53. The van der Waals surface area contributed by atoms with Gasteiger partial charge in [-0.2, -0.15) is 0 Å². The molecule has 0 aromatic heterocycles. The zero-order valence-electron chi connectivity index (χ0n) is 9.56. The average Bonchev–Trinajstić information content (AvgIpc) is 2.28. The number of rotatable bonds is 5. The van der Waals surface area contributed by atoms with E-state index >= 15 is 0 Å². The van der Waals surface area contributed by atoms with Gasteiger partial charge in [0, 0.05) is 17.9 Å². The van der Waals surface area contributed by atoms with E-state index < -0.39 is 9.84 Å². The van der Waals surface area contributed by atoms with Crippen LogP contribution in [-0.2, 0) is 22.1 Å². The van der Waals surface area contributed by atoms with Crippen LogP contribution < -0.4 is 10.5 Å². The molecule has 1 aromatic carbocycles. The number of sulfone groups is 1. The number of hydrogen-bond donors (Lipinski definition) is 1. The van der Waals surface area contributed by atoms with Crippen molar-refractivity contribution in [2.24, 2.45) is 5.73 Å². The van der Waals surface area contributed by atoms with Crippen LogP contribution in [0.1, 0.15) is 18.1 Å². The summed E-state index contributed by atoms with van der Waals surface area (Å²) in [7, 11) is -1.43. The molecule has 0 aliphatic carbocycles. The van der Waals surface area contributed by atoms with Gasteiger partial charge in [0.1, 0.15) is 5.75 Å². The summed E-state index contributed by atoms with van der Waals surface area (Å²) in [6, 6.07) is 5.29. The van der Waals surface area contributed by atoms with E-state index in [2.05, 4.69) is 0 Å². The molecular formula is C11H17NO3S. The summed E-state index contributed by atoms with van der Waals surface area (Å²) in [5, 5.41) is 0. The highest BCUT2D eigenvalue weighted by molar-refractivity contribution is 7.90. The van der Waals surface area contributed by atoms with Gasteiger partial charge in [-0.3, -0.25) is 0 Å². The van der Waals surface area contributed by atoms with Crippen molar-refractivity contribution in [1.82, 2.24) is 0 Å². The molecule has 0 spiro atoms. The number of nitrogens with two attached hydrogens (primary N) is 1. The molecule has 90 valence electrons. The Labute approximate surface area is 96.3 Å². The van der Waals surface area contributed by atoms with E-state index in [-0.39, 0.29) is 11.5 Å². The molecule has 0 radical (unpaired) electrons.